The lowest BCUT2D eigenvalue weighted by atomic mass is 9.85. The van der Waals surface area contributed by atoms with Gasteiger partial charge in [-0.1, -0.05) is 13.8 Å². The van der Waals surface area contributed by atoms with E-state index in [1.54, 1.807) is 0 Å². The Hall–Kier alpha value is -0.120. The number of nitrogens with zero attached hydrogens (tertiary/aromatic N) is 1. The lowest BCUT2D eigenvalue weighted by Crippen LogP contribution is -2.67. The van der Waals surface area contributed by atoms with Gasteiger partial charge in [-0.25, -0.2) is 0 Å². The first-order valence-electron chi connectivity index (χ1n) is 8.60. The maximum Gasteiger partial charge on any atom is 0.0509 e. The van der Waals surface area contributed by atoms with Gasteiger partial charge in [0.15, 0.2) is 0 Å². The Bertz CT molecular complexity index is 336. The Morgan fingerprint density at radius 1 is 1.20 bits per heavy atom. The molecule has 20 heavy (non-hydrogen) atoms. The van der Waals surface area contributed by atoms with Gasteiger partial charge in [-0.05, 0) is 50.9 Å². The summed E-state index contributed by atoms with van der Waals surface area (Å²) in [6.07, 6.45) is 4.09. The third-order valence-corrected chi connectivity index (χ3v) is 6.07. The van der Waals surface area contributed by atoms with E-state index in [1.165, 1.54) is 25.8 Å². The van der Waals surface area contributed by atoms with Crippen molar-refractivity contribution in [1.29, 1.82) is 0 Å². The minimum Gasteiger partial charge on any atom is -0.381 e. The molecule has 1 aliphatic carbocycles. The molecule has 2 saturated heterocycles. The van der Waals surface area contributed by atoms with Crippen molar-refractivity contribution in [3.63, 3.8) is 0 Å². The third kappa shape index (κ3) is 2.77. The van der Waals surface area contributed by atoms with Crippen LogP contribution in [0.3, 0.4) is 0 Å². The number of nitrogens with one attached hydrogen (secondary N) is 1. The SMILES string of the molecule is CC(C)C1CNC(C)(C2CC2)CN1C(C)C1CCOC1. The van der Waals surface area contributed by atoms with Crippen LogP contribution in [0.25, 0.3) is 0 Å². The van der Waals surface area contributed by atoms with Crippen LogP contribution in [0.4, 0.5) is 0 Å². The molecule has 0 aromatic heterocycles. The molecule has 4 atom stereocenters. The topological polar surface area (TPSA) is 24.5 Å². The Morgan fingerprint density at radius 2 is 1.95 bits per heavy atom. The van der Waals surface area contributed by atoms with Gasteiger partial charge in [0.1, 0.15) is 0 Å². The van der Waals surface area contributed by atoms with Gasteiger partial charge in [0, 0.05) is 37.3 Å². The first-order chi connectivity index (χ1) is 9.51. The molecular formula is C17H32N2O. The van der Waals surface area contributed by atoms with Gasteiger partial charge in [-0.2, -0.15) is 0 Å². The molecule has 4 unspecified atom stereocenters. The van der Waals surface area contributed by atoms with Crippen molar-refractivity contribution in [3.05, 3.63) is 0 Å². The van der Waals surface area contributed by atoms with E-state index in [9.17, 15) is 0 Å². The van der Waals surface area contributed by atoms with Gasteiger partial charge in [0.05, 0.1) is 6.61 Å². The average molecular weight is 280 g/mol. The predicted octanol–water partition coefficient (Wildman–Crippen LogP) is 2.51. The molecule has 1 saturated carbocycles. The largest absolute Gasteiger partial charge is 0.381 e. The van der Waals surface area contributed by atoms with Crippen LogP contribution in [0.2, 0.25) is 0 Å². The Labute approximate surface area is 124 Å². The van der Waals surface area contributed by atoms with Gasteiger partial charge in [0.2, 0.25) is 0 Å². The van der Waals surface area contributed by atoms with E-state index in [0.29, 0.717) is 17.6 Å². The lowest BCUT2D eigenvalue weighted by Gasteiger charge is -2.51. The normalized spacial score (nSPS) is 41.2. The minimum absolute atomic E-state index is 0.346. The summed E-state index contributed by atoms with van der Waals surface area (Å²) < 4.78 is 5.63. The van der Waals surface area contributed by atoms with Crippen molar-refractivity contribution < 1.29 is 4.74 Å². The molecule has 3 heteroatoms. The van der Waals surface area contributed by atoms with Gasteiger partial charge in [0.25, 0.3) is 0 Å². The Balaban J connectivity index is 1.74. The molecule has 3 aliphatic rings. The van der Waals surface area contributed by atoms with Crippen molar-refractivity contribution in [2.75, 3.05) is 26.3 Å². The minimum atomic E-state index is 0.346. The van der Waals surface area contributed by atoms with Gasteiger partial charge in [-0.15, -0.1) is 0 Å². The molecule has 0 aromatic carbocycles. The predicted molar refractivity (Wildman–Crippen MR) is 82.9 cm³/mol. The molecule has 116 valence electrons. The van der Waals surface area contributed by atoms with E-state index in [4.69, 9.17) is 4.74 Å². The number of piperazine rings is 1. The van der Waals surface area contributed by atoms with Crippen molar-refractivity contribution in [3.8, 4) is 0 Å². The highest BCUT2D eigenvalue weighted by Gasteiger charge is 2.48. The molecular weight excluding hydrogens is 248 g/mol. The monoisotopic (exact) mass is 280 g/mol. The highest BCUT2D eigenvalue weighted by atomic mass is 16.5. The molecule has 0 amide bonds. The summed E-state index contributed by atoms with van der Waals surface area (Å²) >= 11 is 0. The fourth-order valence-electron chi connectivity index (χ4n) is 4.27. The van der Waals surface area contributed by atoms with E-state index >= 15 is 0 Å². The molecule has 2 heterocycles. The first-order valence-corrected chi connectivity index (χ1v) is 8.60. The first kappa shape index (κ1) is 14.8. The van der Waals surface area contributed by atoms with E-state index in [0.717, 1.165) is 37.5 Å². The molecule has 2 aliphatic heterocycles. The van der Waals surface area contributed by atoms with Crippen LogP contribution >= 0.6 is 0 Å². The number of hydrogen-bond donors (Lipinski definition) is 1. The quantitative estimate of drug-likeness (QED) is 0.856. The van der Waals surface area contributed by atoms with Crippen LogP contribution in [-0.2, 0) is 4.74 Å². The zero-order valence-corrected chi connectivity index (χ0v) is 13.7. The average Bonchev–Trinajstić information content (AvgIpc) is 3.14. The van der Waals surface area contributed by atoms with Crippen LogP contribution < -0.4 is 5.32 Å². The van der Waals surface area contributed by atoms with Crippen LogP contribution in [0.5, 0.6) is 0 Å². The second-order valence-corrected chi connectivity index (χ2v) is 7.92. The molecule has 3 nitrogen and oxygen atoms in total. The standard InChI is InChI=1S/C17H32N2O/c1-12(2)16-9-18-17(4,15-5-6-15)11-19(16)13(3)14-7-8-20-10-14/h12-16,18H,5-11H2,1-4H3. The molecule has 3 fully saturated rings. The summed E-state index contributed by atoms with van der Waals surface area (Å²) in [4.78, 5) is 2.82. The summed E-state index contributed by atoms with van der Waals surface area (Å²) in [5.74, 6) is 2.36. The zero-order chi connectivity index (χ0) is 14.3. The zero-order valence-electron chi connectivity index (χ0n) is 13.7. The Morgan fingerprint density at radius 3 is 2.50 bits per heavy atom. The second-order valence-electron chi connectivity index (χ2n) is 7.92. The highest BCUT2D eigenvalue weighted by molar-refractivity contribution is 5.05. The fraction of sp³-hybridized carbons (Fsp3) is 1.00. The smallest absolute Gasteiger partial charge is 0.0509 e. The van der Waals surface area contributed by atoms with E-state index in [1.807, 2.05) is 0 Å². The second kappa shape index (κ2) is 5.58. The molecule has 0 bridgehead atoms. The Kier molecular flexibility index (Phi) is 4.13. The van der Waals surface area contributed by atoms with Crippen molar-refractivity contribution in [2.24, 2.45) is 17.8 Å². The van der Waals surface area contributed by atoms with E-state index < -0.39 is 0 Å². The molecule has 1 N–H and O–H groups in total. The van der Waals surface area contributed by atoms with Crippen molar-refractivity contribution >= 4 is 0 Å². The van der Waals surface area contributed by atoms with Crippen LogP contribution in [0.15, 0.2) is 0 Å². The highest BCUT2D eigenvalue weighted by Crippen LogP contribution is 2.42. The van der Waals surface area contributed by atoms with E-state index in [-0.39, 0.29) is 0 Å². The summed E-state index contributed by atoms with van der Waals surface area (Å²) in [6.45, 7) is 13.9. The van der Waals surface area contributed by atoms with Crippen LogP contribution in [0, 0.1) is 17.8 Å². The maximum absolute atomic E-state index is 5.63. The summed E-state index contributed by atoms with van der Waals surface area (Å²) in [5, 5.41) is 3.89. The summed E-state index contributed by atoms with van der Waals surface area (Å²) in [5.41, 5.74) is 0.346. The molecule has 0 aromatic rings. The van der Waals surface area contributed by atoms with Crippen LogP contribution in [0.1, 0.15) is 47.0 Å². The van der Waals surface area contributed by atoms with Gasteiger partial charge >= 0.3 is 0 Å². The van der Waals surface area contributed by atoms with Crippen molar-refractivity contribution in [2.45, 2.75) is 64.6 Å². The summed E-state index contributed by atoms with van der Waals surface area (Å²) in [7, 11) is 0. The number of ether oxygens (including phenoxy) is 1. The lowest BCUT2D eigenvalue weighted by molar-refractivity contribution is 0.00266. The summed E-state index contributed by atoms with van der Waals surface area (Å²) in [6, 6.07) is 1.34. The maximum atomic E-state index is 5.63. The molecule has 3 rings (SSSR count). The van der Waals surface area contributed by atoms with E-state index in [2.05, 4.69) is 37.9 Å². The van der Waals surface area contributed by atoms with Gasteiger partial charge < -0.3 is 10.1 Å². The molecule has 0 spiro atoms. The van der Waals surface area contributed by atoms with Crippen molar-refractivity contribution in [1.82, 2.24) is 10.2 Å². The van der Waals surface area contributed by atoms with Crippen LogP contribution in [-0.4, -0.2) is 48.8 Å². The fourth-order valence-corrected chi connectivity index (χ4v) is 4.27. The molecule has 0 radical (unpaired) electrons. The number of rotatable bonds is 4. The third-order valence-electron chi connectivity index (χ3n) is 6.07. The number of hydrogen-bond acceptors (Lipinski definition) is 3. The van der Waals surface area contributed by atoms with Gasteiger partial charge in [-0.3, -0.25) is 4.90 Å².